The van der Waals surface area contributed by atoms with Gasteiger partial charge in [-0.25, -0.2) is 0 Å². The number of hydrogen-bond acceptors (Lipinski definition) is 3. The Hall–Kier alpha value is -0.610. The minimum Gasteiger partial charge on any atom is -0.337 e. The molecule has 1 amide bonds. The van der Waals surface area contributed by atoms with Crippen molar-refractivity contribution in [3.8, 4) is 0 Å². The van der Waals surface area contributed by atoms with Crippen LogP contribution in [0.15, 0.2) is 0 Å². The van der Waals surface area contributed by atoms with E-state index in [0.717, 1.165) is 32.4 Å². The maximum atomic E-state index is 12.3. The summed E-state index contributed by atoms with van der Waals surface area (Å²) in [4.78, 5) is 16.4. The smallest absolute Gasteiger partial charge is 0.239 e. The summed E-state index contributed by atoms with van der Waals surface area (Å²) >= 11 is 0. The molecule has 100 valence electrons. The fourth-order valence-corrected chi connectivity index (χ4v) is 2.38. The first-order chi connectivity index (χ1) is 8.06. The number of nitrogens with zero attached hydrogens (tertiary/aromatic N) is 2. The van der Waals surface area contributed by atoms with Gasteiger partial charge in [0.15, 0.2) is 0 Å². The van der Waals surface area contributed by atoms with Crippen molar-refractivity contribution in [3.63, 3.8) is 0 Å². The predicted octanol–water partition coefficient (Wildman–Crippen LogP) is 1.06. The highest BCUT2D eigenvalue weighted by atomic mass is 16.2. The van der Waals surface area contributed by atoms with Crippen LogP contribution in [0, 0.1) is 0 Å². The van der Waals surface area contributed by atoms with Crippen LogP contribution in [0.2, 0.25) is 0 Å². The Morgan fingerprint density at radius 1 is 1.29 bits per heavy atom. The summed E-state index contributed by atoms with van der Waals surface area (Å²) in [7, 11) is 4.08. The van der Waals surface area contributed by atoms with E-state index in [1.54, 1.807) is 0 Å². The Kier molecular flexibility index (Phi) is 5.92. The van der Waals surface area contributed by atoms with E-state index in [9.17, 15) is 4.79 Å². The molecule has 0 aromatic carbocycles. The molecule has 0 bridgehead atoms. The molecule has 0 heterocycles. The molecule has 0 aromatic heterocycles. The molecule has 1 fully saturated rings. The third kappa shape index (κ3) is 4.28. The molecular formula is C13H27N3O. The second kappa shape index (κ2) is 6.97. The minimum absolute atomic E-state index is 0.140. The van der Waals surface area contributed by atoms with Crippen molar-refractivity contribution in [2.75, 3.05) is 27.2 Å². The van der Waals surface area contributed by atoms with Gasteiger partial charge in [-0.3, -0.25) is 4.79 Å². The molecule has 4 heteroatoms. The van der Waals surface area contributed by atoms with Crippen molar-refractivity contribution < 1.29 is 4.79 Å². The quantitative estimate of drug-likeness (QED) is 0.756. The van der Waals surface area contributed by atoms with E-state index in [4.69, 9.17) is 5.73 Å². The maximum Gasteiger partial charge on any atom is 0.239 e. The van der Waals surface area contributed by atoms with Gasteiger partial charge in [0.25, 0.3) is 0 Å². The first-order valence-corrected chi connectivity index (χ1v) is 6.77. The molecule has 0 unspecified atom stereocenters. The third-order valence-corrected chi connectivity index (χ3v) is 3.59. The van der Waals surface area contributed by atoms with Gasteiger partial charge in [-0.2, -0.15) is 0 Å². The number of carbonyl (C=O) groups is 1. The Morgan fingerprint density at radius 2 is 1.88 bits per heavy atom. The number of nitrogens with two attached hydrogens (primary N) is 1. The Bertz CT molecular complexity index is 237. The summed E-state index contributed by atoms with van der Waals surface area (Å²) in [6, 6.07) is 0.109. The molecule has 0 aromatic rings. The van der Waals surface area contributed by atoms with Gasteiger partial charge < -0.3 is 15.5 Å². The zero-order chi connectivity index (χ0) is 12.8. The molecule has 0 saturated heterocycles. The first-order valence-electron chi connectivity index (χ1n) is 6.77. The van der Waals surface area contributed by atoms with Gasteiger partial charge >= 0.3 is 0 Å². The Labute approximate surface area is 105 Å². The van der Waals surface area contributed by atoms with Gasteiger partial charge in [0.05, 0.1) is 6.04 Å². The van der Waals surface area contributed by atoms with Gasteiger partial charge in [0.2, 0.25) is 5.91 Å². The summed E-state index contributed by atoms with van der Waals surface area (Å²) in [6.07, 6.45) is 5.52. The molecule has 4 nitrogen and oxygen atoms in total. The summed E-state index contributed by atoms with van der Waals surface area (Å²) in [5, 5.41) is 0. The SMILES string of the molecule is CC[C@@H](N)C(=O)N(CCN(C)C)C1CCCC1. The normalized spacial score (nSPS) is 18.6. The number of hydrogen-bond donors (Lipinski definition) is 1. The van der Waals surface area contributed by atoms with E-state index in [1.165, 1.54) is 12.8 Å². The number of carbonyl (C=O) groups excluding carboxylic acids is 1. The van der Waals surface area contributed by atoms with Crippen molar-refractivity contribution in [3.05, 3.63) is 0 Å². The minimum atomic E-state index is -0.322. The fourth-order valence-electron chi connectivity index (χ4n) is 2.38. The molecule has 0 aliphatic heterocycles. The lowest BCUT2D eigenvalue weighted by atomic mass is 10.1. The average molecular weight is 241 g/mol. The molecular weight excluding hydrogens is 214 g/mol. The molecule has 1 atom stereocenters. The predicted molar refractivity (Wildman–Crippen MR) is 70.8 cm³/mol. The molecule has 0 spiro atoms. The number of amides is 1. The highest BCUT2D eigenvalue weighted by Crippen LogP contribution is 2.24. The fraction of sp³-hybridized carbons (Fsp3) is 0.923. The van der Waals surface area contributed by atoms with Crippen LogP contribution in [0.3, 0.4) is 0 Å². The van der Waals surface area contributed by atoms with Crippen molar-refractivity contribution in [1.82, 2.24) is 9.80 Å². The lowest BCUT2D eigenvalue weighted by molar-refractivity contribution is -0.135. The van der Waals surface area contributed by atoms with Crippen LogP contribution in [0.25, 0.3) is 0 Å². The number of rotatable bonds is 6. The standard InChI is InChI=1S/C13H27N3O/c1-4-12(14)13(17)16(10-9-15(2)3)11-7-5-6-8-11/h11-12H,4-10,14H2,1-3H3/t12-/m1/s1. The van der Waals surface area contributed by atoms with Gasteiger partial charge in [-0.1, -0.05) is 19.8 Å². The molecule has 17 heavy (non-hydrogen) atoms. The molecule has 1 aliphatic rings. The monoisotopic (exact) mass is 241 g/mol. The molecule has 0 radical (unpaired) electrons. The summed E-state index contributed by atoms with van der Waals surface area (Å²) in [6.45, 7) is 3.70. The third-order valence-electron chi connectivity index (χ3n) is 3.59. The van der Waals surface area contributed by atoms with Crippen LogP contribution in [0.1, 0.15) is 39.0 Å². The van der Waals surface area contributed by atoms with Gasteiger partial charge in [-0.05, 0) is 33.4 Å². The van der Waals surface area contributed by atoms with Crippen molar-refractivity contribution in [2.24, 2.45) is 5.73 Å². The molecule has 1 aliphatic carbocycles. The van der Waals surface area contributed by atoms with Crippen LogP contribution in [-0.2, 0) is 4.79 Å². The average Bonchev–Trinajstić information content (AvgIpc) is 2.81. The van der Waals surface area contributed by atoms with Crippen LogP contribution >= 0.6 is 0 Å². The second-order valence-electron chi connectivity index (χ2n) is 5.29. The van der Waals surface area contributed by atoms with E-state index in [0.29, 0.717) is 6.04 Å². The Balaban J connectivity index is 2.60. The van der Waals surface area contributed by atoms with Crippen molar-refractivity contribution in [2.45, 2.75) is 51.1 Å². The largest absolute Gasteiger partial charge is 0.337 e. The van der Waals surface area contributed by atoms with Crippen LogP contribution in [0.5, 0.6) is 0 Å². The number of likely N-dealkylation sites (N-methyl/N-ethyl adjacent to an activating group) is 1. The zero-order valence-electron chi connectivity index (χ0n) is 11.5. The van der Waals surface area contributed by atoms with Crippen LogP contribution < -0.4 is 5.73 Å². The van der Waals surface area contributed by atoms with E-state index >= 15 is 0 Å². The van der Waals surface area contributed by atoms with E-state index < -0.39 is 0 Å². The highest BCUT2D eigenvalue weighted by Gasteiger charge is 2.28. The summed E-state index contributed by atoms with van der Waals surface area (Å²) < 4.78 is 0. The topological polar surface area (TPSA) is 49.6 Å². The van der Waals surface area contributed by atoms with Crippen LogP contribution in [0.4, 0.5) is 0 Å². The van der Waals surface area contributed by atoms with E-state index in [-0.39, 0.29) is 11.9 Å². The zero-order valence-corrected chi connectivity index (χ0v) is 11.5. The van der Waals surface area contributed by atoms with Gasteiger partial charge in [-0.15, -0.1) is 0 Å². The summed E-state index contributed by atoms with van der Waals surface area (Å²) in [5.41, 5.74) is 5.89. The van der Waals surface area contributed by atoms with Crippen molar-refractivity contribution in [1.29, 1.82) is 0 Å². The first kappa shape index (κ1) is 14.5. The highest BCUT2D eigenvalue weighted by molar-refractivity contribution is 5.81. The molecule has 2 N–H and O–H groups in total. The van der Waals surface area contributed by atoms with Gasteiger partial charge in [0, 0.05) is 19.1 Å². The Morgan fingerprint density at radius 3 is 2.35 bits per heavy atom. The molecule has 1 rings (SSSR count). The summed E-state index contributed by atoms with van der Waals surface area (Å²) in [5.74, 6) is 0.140. The lowest BCUT2D eigenvalue weighted by Crippen LogP contribution is -2.49. The molecule has 1 saturated carbocycles. The lowest BCUT2D eigenvalue weighted by Gasteiger charge is -2.32. The van der Waals surface area contributed by atoms with E-state index in [2.05, 4.69) is 4.90 Å². The van der Waals surface area contributed by atoms with Gasteiger partial charge in [0.1, 0.15) is 0 Å². The second-order valence-corrected chi connectivity index (χ2v) is 5.29. The van der Waals surface area contributed by atoms with Crippen LogP contribution in [-0.4, -0.2) is 55.0 Å². The van der Waals surface area contributed by atoms with Crippen molar-refractivity contribution >= 4 is 5.91 Å². The maximum absolute atomic E-state index is 12.3. The van der Waals surface area contributed by atoms with E-state index in [1.807, 2.05) is 25.9 Å².